The molecule has 0 aliphatic heterocycles. The average Bonchev–Trinajstić information content (AvgIpc) is 2.39. The largest absolute Gasteiger partial charge is 0.476 e. The Labute approximate surface area is 105 Å². The van der Waals surface area contributed by atoms with Crippen LogP contribution >= 0.6 is 0 Å². The lowest BCUT2D eigenvalue weighted by Gasteiger charge is -2.06. The Balaban J connectivity index is 2.50. The van der Waals surface area contributed by atoms with Crippen LogP contribution in [0.4, 0.5) is 5.69 Å². The van der Waals surface area contributed by atoms with E-state index in [0.29, 0.717) is 5.69 Å². The van der Waals surface area contributed by atoms with Crippen molar-refractivity contribution < 1.29 is 9.90 Å². The minimum absolute atomic E-state index is 0.102. The van der Waals surface area contributed by atoms with Crippen LogP contribution in [0.1, 0.15) is 23.0 Å². The molecule has 0 bridgehead atoms. The van der Waals surface area contributed by atoms with Crippen LogP contribution in [-0.4, -0.2) is 16.1 Å². The van der Waals surface area contributed by atoms with Crippen molar-refractivity contribution in [3.05, 3.63) is 47.7 Å². The SMILES string of the molecule is CCc1cccc(-c2ccc(N)c(C(=O)O)n2)c1. The zero-order chi connectivity index (χ0) is 13.1. The van der Waals surface area contributed by atoms with Crippen LogP contribution in [-0.2, 0) is 6.42 Å². The van der Waals surface area contributed by atoms with Gasteiger partial charge >= 0.3 is 5.97 Å². The van der Waals surface area contributed by atoms with Crippen molar-refractivity contribution in [1.82, 2.24) is 4.98 Å². The minimum Gasteiger partial charge on any atom is -0.476 e. The van der Waals surface area contributed by atoms with Gasteiger partial charge in [0.2, 0.25) is 0 Å². The molecule has 1 aromatic carbocycles. The normalized spacial score (nSPS) is 10.3. The van der Waals surface area contributed by atoms with Gasteiger partial charge in [0.15, 0.2) is 5.69 Å². The van der Waals surface area contributed by atoms with Gasteiger partial charge < -0.3 is 10.8 Å². The maximum atomic E-state index is 11.0. The first-order valence-electron chi connectivity index (χ1n) is 5.71. The van der Waals surface area contributed by atoms with Gasteiger partial charge in [-0.1, -0.05) is 25.1 Å². The summed E-state index contributed by atoms with van der Waals surface area (Å²) in [4.78, 5) is 15.1. The number of hydrogen-bond acceptors (Lipinski definition) is 3. The summed E-state index contributed by atoms with van der Waals surface area (Å²) < 4.78 is 0. The molecule has 2 rings (SSSR count). The molecule has 1 aromatic heterocycles. The van der Waals surface area contributed by atoms with Gasteiger partial charge in [0, 0.05) is 5.56 Å². The molecular formula is C14H14N2O2. The third kappa shape index (κ3) is 2.32. The third-order valence-corrected chi connectivity index (χ3v) is 2.76. The highest BCUT2D eigenvalue weighted by Gasteiger charge is 2.11. The van der Waals surface area contributed by atoms with E-state index in [2.05, 4.69) is 11.9 Å². The minimum atomic E-state index is -1.11. The molecule has 4 heteroatoms. The standard InChI is InChI=1S/C14H14N2O2/c1-2-9-4-3-5-10(8-9)12-7-6-11(15)13(16-12)14(17)18/h3-8H,2,15H2,1H3,(H,17,18). The molecule has 0 atom stereocenters. The van der Waals surface area contributed by atoms with Crippen LogP contribution in [0.15, 0.2) is 36.4 Å². The van der Waals surface area contributed by atoms with E-state index in [0.717, 1.165) is 12.0 Å². The van der Waals surface area contributed by atoms with Crippen LogP contribution in [0.5, 0.6) is 0 Å². The molecule has 1 heterocycles. The summed E-state index contributed by atoms with van der Waals surface area (Å²) in [6, 6.07) is 11.2. The van der Waals surface area contributed by atoms with E-state index in [4.69, 9.17) is 10.8 Å². The van der Waals surface area contributed by atoms with Gasteiger partial charge in [-0.05, 0) is 30.2 Å². The first kappa shape index (κ1) is 12.1. The summed E-state index contributed by atoms with van der Waals surface area (Å²) in [5, 5.41) is 9.00. The molecule has 0 fully saturated rings. The number of rotatable bonds is 3. The molecule has 92 valence electrons. The molecule has 0 radical (unpaired) electrons. The van der Waals surface area contributed by atoms with E-state index < -0.39 is 5.97 Å². The Morgan fingerprint density at radius 3 is 2.78 bits per heavy atom. The zero-order valence-electron chi connectivity index (χ0n) is 10.1. The number of nitrogen functional groups attached to an aromatic ring is 1. The van der Waals surface area contributed by atoms with Gasteiger partial charge in [0.25, 0.3) is 0 Å². The molecule has 0 saturated heterocycles. The van der Waals surface area contributed by atoms with Gasteiger partial charge in [0.05, 0.1) is 11.4 Å². The van der Waals surface area contributed by atoms with Gasteiger partial charge in [-0.3, -0.25) is 0 Å². The van der Waals surface area contributed by atoms with E-state index in [1.165, 1.54) is 5.56 Å². The number of aryl methyl sites for hydroxylation is 1. The fourth-order valence-electron chi connectivity index (χ4n) is 1.75. The molecule has 0 aliphatic rings. The number of aromatic nitrogens is 1. The average molecular weight is 242 g/mol. The summed E-state index contributed by atoms with van der Waals surface area (Å²) in [5.74, 6) is -1.11. The number of pyridine rings is 1. The van der Waals surface area contributed by atoms with Crippen LogP contribution in [0, 0.1) is 0 Å². The van der Waals surface area contributed by atoms with E-state index >= 15 is 0 Å². The van der Waals surface area contributed by atoms with E-state index in [-0.39, 0.29) is 11.4 Å². The number of carbonyl (C=O) groups is 1. The quantitative estimate of drug-likeness (QED) is 0.867. The van der Waals surface area contributed by atoms with E-state index in [9.17, 15) is 4.79 Å². The highest BCUT2D eigenvalue weighted by molar-refractivity contribution is 5.92. The Hall–Kier alpha value is -2.36. The van der Waals surface area contributed by atoms with Gasteiger partial charge in [0.1, 0.15) is 0 Å². The summed E-state index contributed by atoms with van der Waals surface area (Å²) in [7, 11) is 0. The number of nitrogens with zero attached hydrogens (tertiary/aromatic N) is 1. The van der Waals surface area contributed by atoms with Crippen LogP contribution in [0.2, 0.25) is 0 Å². The lowest BCUT2D eigenvalue weighted by Crippen LogP contribution is -2.06. The van der Waals surface area contributed by atoms with E-state index in [1.807, 2.05) is 24.3 Å². The number of carboxylic acid groups (broad SMARTS) is 1. The second kappa shape index (κ2) is 4.87. The molecule has 3 N–H and O–H groups in total. The van der Waals surface area contributed by atoms with Crippen LogP contribution in [0.25, 0.3) is 11.3 Å². The summed E-state index contributed by atoms with van der Waals surface area (Å²) in [5.41, 5.74) is 8.36. The number of anilines is 1. The van der Waals surface area contributed by atoms with Gasteiger partial charge in [-0.25, -0.2) is 9.78 Å². The second-order valence-electron chi connectivity index (χ2n) is 3.99. The molecule has 0 amide bonds. The molecule has 0 aliphatic carbocycles. The lowest BCUT2D eigenvalue weighted by molar-refractivity contribution is 0.0692. The number of aromatic carboxylic acids is 1. The third-order valence-electron chi connectivity index (χ3n) is 2.76. The predicted octanol–water partition coefficient (Wildman–Crippen LogP) is 2.59. The maximum Gasteiger partial charge on any atom is 0.356 e. The first-order valence-corrected chi connectivity index (χ1v) is 5.71. The summed E-state index contributed by atoms with van der Waals surface area (Å²) in [6.07, 6.45) is 0.925. The Morgan fingerprint density at radius 2 is 2.11 bits per heavy atom. The van der Waals surface area contributed by atoms with Crippen molar-refractivity contribution in [3.8, 4) is 11.3 Å². The highest BCUT2D eigenvalue weighted by atomic mass is 16.4. The monoisotopic (exact) mass is 242 g/mol. The van der Waals surface area contributed by atoms with Gasteiger partial charge in [-0.2, -0.15) is 0 Å². The molecule has 0 spiro atoms. The smallest absolute Gasteiger partial charge is 0.356 e. The predicted molar refractivity (Wildman–Crippen MR) is 70.4 cm³/mol. The Bertz CT molecular complexity index is 594. The zero-order valence-corrected chi connectivity index (χ0v) is 10.1. The number of benzene rings is 1. The fraction of sp³-hybridized carbons (Fsp3) is 0.143. The number of hydrogen-bond donors (Lipinski definition) is 2. The summed E-state index contributed by atoms with van der Waals surface area (Å²) in [6.45, 7) is 2.07. The fourth-order valence-corrected chi connectivity index (χ4v) is 1.75. The van der Waals surface area contributed by atoms with Crippen LogP contribution in [0.3, 0.4) is 0 Å². The molecule has 0 saturated carbocycles. The van der Waals surface area contributed by atoms with Crippen LogP contribution < -0.4 is 5.73 Å². The Morgan fingerprint density at radius 1 is 1.33 bits per heavy atom. The summed E-state index contributed by atoms with van der Waals surface area (Å²) >= 11 is 0. The lowest BCUT2D eigenvalue weighted by atomic mass is 10.1. The first-order chi connectivity index (χ1) is 8.61. The van der Waals surface area contributed by atoms with Crippen molar-refractivity contribution in [2.75, 3.05) is 5.73 Å². The molecule has 4 nitrogen and oxygen atoms in total. The maximum absolute atomic E-state index is 11.0. The van der Waals surface area contributed by atoms with Gasteiger partial charge in [-0.15, -0.1) is 0 Å². The van der Waals surface area contributed by atoms with E-state index in [1.54, 1.807) is 12.1 Å². The van der Waals surface area contributed by atoms with Crippen molar-refractivity contribution in [2.24, 2.45) is 0 Å². The molecule has 0 unspecified atom stereocenters. The van der Waals surface area contributed by atoms with Crippen molar-refractivity contribution in [2.45, 2.75) is 13.3 Å². The highest BCUT2D eigenvalue weighted by Crippen LogP contribution is 2.21. The molecular weight excluding hydrogens is 228 g/mol. The number of nitrogens with two attached hydrogens (primary N) is 1. The topological polar surface area (TPSA) is 76.2 Å². The second-order valence-corrected chi connectivity index (χ2v) is 3.99. The Kier molecular flexibility index (Phi) is 3.28. The molecule has 2 aromatic rings. The van der Waals surface area contributed by atoms with Crippen molar-refractivity contribution >= 4 is 11.7 Å². The van der Waals surface area contributed by atoms with Crippen molar-refractivity contribution in [3.63, 3.8) is 0 Å². The number of carboxylic acids is 1. The molecule has 18 heavy (non-hydrogen) atoms. The van der Waals surface area contributed by atoms with Crippen molar-refractivity contribution in [1.29, 1.82) is 0 Å².